The van der Waals surface area contributed by atoms with Crippen molar-refractivity contribution in [1.29, 1.82) is 0 Å². The third-order valence-corrected chi connectivity index (χ3v) is 4.05. The smallest absolute Gasteiger partial charge is 0.124 e. The quantitative estimate of drug-likeness (QED) is 0.652. The highest BCUT2D eigenvalue weighted by molar-refractivity contribution is 5.33. The van der Waals surface area contributed by atoms with Crippen LogP contribution in [0.2, 0.25) is 0 Å². The summed E-state index contributed by atoms with van der Waals surface area (Å²) in [5.74, 6) is 0.869. The second-order valence-electron chi connectivity index (χ2n) is 5.94. The van der Waals surface area contributed by atoms with Crippen molar-refractivity contribution in [3.63, 3.8) is 0 Å². The van der Waals surface area contributed by atoms with Gasteiger partial charge in [0.2, 0.25) is 0 Å². The molecule has 128 valence electrons. The minimum Gasteiger partial charge on any atom is -0.489 e. The highest BCUT2D eigenvalue weighted by Gasteiger charge is 2.08. The van der Waals surface area contributed by atoms with Crippen molar-refractivity contribution in [1.82, 2.24) is 5.32 Å². The number of benzene rings is 3. The van der Waals surface area contributed by atoms with E-state index in [4.69, 9.17) is 4.74 Å². The van der Waals surface area contributed by atoms with Crippen LogP contribution in [-0.2, 0) is 13.2 Å². The number of hydrogen-bond acceptors (Lipinski definition) is 3. The van der Waals surface area contributed by atoms with Crippen molar-refractivity contribution in [2.75, 3.05) is 6.54 Å². The Bertz CT molecular complexity index is 759. The normalized spacial score (nSPS) is 11.9. The van der Waals surface area contributed by atoms with Gasteiger partial charge in [-0.25, -0.2) is 0 Å². The van der Waals surface area contributed by atoms with Gasteiger partial charge in [-0.1, -0.05) is 78.9 Å². The Balaban J connectivity index is 1.54. The topological polar surface area (TPSA) is 41.5 Å². The molecule has 0 saturated heterocycles. The number of aliphatic hydroxyl groups is 1. The van der Waals surface area contributed by atoms with Crippen LogP contribution in [-0.4, -0.2) is 11.7 Å². The molecule has 0 aliphatic heterocycles. The third-order valence-electron chi connectivity index (χ3n) is 4.05. The molecule has 0 unspecified atom stereocenters. The van der Waals surface area contributed by atoms with Crippen LogP contribution in [0.1, 0.15) is 22.8 Å². The number of aliphatic hydroxyl groups excluding tert-OH is 1. The van der Waals surface area contributed by atoms with Gasteiger partial charge >= 0.3 is 0 Å². The van der Waals surface area contributed by atoms with E-state index in [1.54, 1.807) is 0 Å². The van der Waals surface area contributed by atoms with Crippen molar-refractivity contribution < 1.29 is 9.84 Å². The number of nitrogens with one attached hydrogen (secondary N) is 1. The van der Waals surface area contributed by atoms with Crippen molar-refractivity contribution in [3.8, 4) is 5.75 Å². The molecule has 25 heavy (non-hydrogen) atoms. The van der Waals surface area contributed by atoms with Crippen LogP contribution in [0.5, 0.6) is 5.75 Å². The molecule has 0 saturated carbocycles. The van der Waals surface area contributed by atoms with E-state index in [9.17, 15) is 5.11 Å². The second kappa shape index (κ2) is 9.02. The summed E-state index contributed by atoms with van der Waals surface area (Å²) in [7, 11) is 0. The third kappa shape index (κ3) is 5.18. The van der Waals surface area contributed by atoms with Gasteiger partial charge in [-0.2, -0.15) is 0 Å². The molecule has 3 heteroatoms. The summed E-state index contributed by atoms with van der Waals surface area (Å²) in [5.41, 5.74) is 3.15. The standard InChI is InChI=1S/C22H23NO2/c24-21(19-11-5-2-6-12-19)16-23-15-20-13-7-8-14-22(20)25-17-18-9-3-1-4-10-18/h1-14,21,23-24H,15-17H2/t21-/m0/s1. The van der Waals surface area contributed by atoms with Crippen LogP contribution in [0.25, 0.3) is 0 Å². The van der Waals surface area contributed by atoms with E-state index in [2.05, 4.69) is 17.4 Å². The maximum absolute atomic E-state index is 10.2. The van der Waals surface area contributed by atoms with Gasteiger partial charge in [0.15, 0.2) is 0 Å². The van der Waals surface area contributed by atoms with Crippen LogP contribution in [0, 0.1) is 0 Å². The van der Waals surface area contributed by atoms with Crippen molar-refractivity contribution >= 4 is 0 Å². The predicted molar refractivity (Wildman–Crippen MR) is 100 cm³/mol. The number of para-hydroxylation sites is 1. The summed E-state index contributed by atoms with van der Waals surface area (Å²) in [6.07, 6.45) is -0.515. The molecule has 3 nitrogen and oxygen atoms in total. The van der Waals surface area contributed by atoms with E-state index in [-0.39, 0.29) is 0 Å². The van der Waals surface area contributed by atoms with Gasteiger partial charge in [-0.15, -0.1) is 0 Å². The molecule has 0 amide bonds. The van der Waals surface area contributed by atoms with Gasteiger partial charge in [0, 0.05) is 18.7 Å². The second-order valence-corrected chi connectivity index (χ2v) is 5.94. The van der Waals surface area contributed by atoms with Gasteiger partial charge in [0.25, 0.3) is 0 Å². The fourth-order valence-electron chi connectivity index (χ4n) is 2.66. The predicted octanol–water partition coefficient (Wildman–Crippen LogP) is 4.09. The molecule has 0 aromatic heterocycles. The molecule has 3 rings (SSSR count). The summed E-state index contributed by atoms with van der Waals surface area (Å²) < 4.78 is 5.96. The molecular weight excluding hydrogens is 310 g/mol. The lowest BCUT2D eigenvalue weighted by molar-refractivity contribution is 0.174. The van der Waals surface area contributed by atoms with E-state index < -0.39 is 6.10 Å². The summed E-state index contributed by atoms with van der Waals surface area (Å²) in [6, 6.07) is 27.8. The molecule has 0 aliphatic carbocycles. The maximum atomic E-state index is 10.2. The molecule has 0 heterocycles. The number of hydrogen-bond donors (Lipinski definition) is 2. The maximum Gasteiger partial charge on any atom is 0.124 e. The first-order valence-corrected chi connectivity index (χ1v) is 8.51. The lowest BCUT2D eigenvalue weighted by Crippen LogP contribution is -2.21. The Kier molecular flexibility index (Phi) is 6.21. The van der Waals surface area contributed by atoms with Crippen LogP contribution in [0.15, 0.2) is 84.9 Å². The summed E-state index contributed by atoms with van der Waals surface area (Å²) >= 11 is 0. The van der Waals surface area contributed by atoms with E-state index >= 15 is 0 Å². The monoisotopic (exact) mass is 333 g/mol. The molecule has 0 bridgehead atoms. The molecule has 3 aromatic carbocycles. The Labute approximate surface area is 148 Å². The van der Waals surface area contributed by atoms with Crippen LogP contribution in [0.4, 0.5) is 0 Å². The van der Waals surface area contributed by atoms with E-state index in [1.165, 1.54) is 0 Å². The highest BCUT2D eigenvalue weighted by Crippen LogP contribution is 2.19. The molecule has 3 aromatic rings. The Morgan fingerprint density at radius 3 is 2.20 bits per heavy atom. The molecule has 2 N–H and O–H groups in total. The first-order valence-electron chi connectivity index (χ1n) is 8.51. The van der Waals surface area contributed by atoms with E-state index in [0.717, 1.165) is 22.4 Å². The van der Waals surface area contributed by atoms with Crippen molar-refractivity contribution in [2.45, 2.75) is 19.3 Å². The molecule has 0 radical (unpaired) electrons. The number of ether oxygens (including phenoxy) is 1. The molecular formula is C22H23NO2. The minimum absolute atomic E-state index is 0.497. The Morgan fingerprint density at radius 2 is 1.44 bits per heavy atom. The molecule has 0 spiro atoms. The zero-order chi connectivity index (χ0) is 17.3. The average Bonchev–Trinajstić information content (AvgIpc) is 2.68. The lowest BCUT2D eigenvalue weighted by atomic mass is 10.1. The first-order chi connectivity index (χ1) is 12.3. The summed E-state index contributed by atoms with van der Waals surface area (Å²) in [6.45, 7) is 1.69. The van der Waals surface area contributed by atoms with Gasteiger partial charge in [0.1, 0.15) is 12.4 Å². The van der Waals surface area contributed by atoms with Crippen molar-refractivity contribution in [2.24, 2.45) is 0 Å². The highest BCUT2D eigenvalue weighted by atomic mass is 16.5. The van der Waals surface area contributed by atoms with Gasteiger partial charge in [-0.3, -0.25) is 0 Å². The Hall–Kier alpha value is -2.62. The number of rotatable bonds is 8. The molecule has 1 atom stereocenters. The zero-order valence-electron chi connectivity index (χ0n) is 14.1. The summed E-state index contributed by atoms with van der Waals surface area (Å²) in [4.78, 5) is 0. The van der Waals surface area contributed by atoms with E-state index in [1.807, 2.05) is 72.8 Å². The van der Waals surface area contributed by atoms with Gasteiger partial charge in [0.05, 0.1) is 6.10 Å². The summed E-state index contributed by atoms with van der Waals surface area (Å²) in [5, 5.41) is 13.5. The van der Waals surface area contributed by atoms with Gasteiger partial charge in [-0.05, 0) is 17.2 Å². The van der Waals surface area contributed by atoms with E-state index in [0.29, 0.717) is 19.7 Å². The fourth-order valence-corrected chi connectivity index (χ4v) is 2.66. The molecule has 0 aliphatic rings. The minimum atomic E-state index is -0.515. The van der Waals surface area contributed by atoms with Crippen LogP contribution in [0.3, 0.4) is 0 Å². The van der Waals surface area contributed by atoms with Crippen LogP contribution >= 0.6 is 0 Å². The first kappa shape index (κ1) is 17.2. The van der Waals surface area contributed by atoms with Crippen molar-refractivity contribution in [3.05, 3.63) is 102 Å². The largest absolute Gasteiger partial charge is 0.489 e. The average molecular weight is 333 g/mol. The lowest BCUT2D eigenvalue weighted by Gasteiger charge is -2.15. The zero-order valence-corrected chi connectivity index (χ0v) is 14.1. The molecule has 0 fully saturated rings. The fraction of sp³-hybridized carbons (Fsp3) is 0.182. The van der Waals surface area contributed by atoms with Gasteiger partial charge < -0.3 is 15.2 Å². The Morgan fingerprint density at radius 1 is 0.800 bits per heavy atom. The SMILES string of the molecule is O[C@@H](CNCc1ccccc1OCc1ccccc1)c1ccccc1. The van der Waals surface area contributed by atoms with Crippen LogP contribution < -0.4 is 10.1 Å².